The standard InChI is InChI=1S/C8H9F2NOS/c1-2-13(12)8-4-5(9)7(11)3-6(8)10/h3-4H,2,11H2,1H3. The molecule has 0 heterocycles. The van der Waals surface area contributed by atoms with E-state index >= 15 is 0 Å². The first kappa shape index (κ1) is 10.1. The van der Waals surface area contributed by atoms with Crippen molar-refractivity contribution in [3.63, 3.8) is 0 Å². The maximum Gasteiger partial charge on any atom is 0.147 e. The highest BCUT2D eigenvalue weighted by Crippen LogP contribution is 2.19. The van der Waals surface area contributed by atoms with Crippen LogP contribution in [0.4, 0.5) is 14.5 Å². The molecule has 13 heavy (non-hydrogen) atoms. The minimum atomic E-state index is -1.49. The van der Waals surface area contributed by atoms with Gasteiger partial charge >= 0.3 is 0 Å². The van der Waals surface area contributed by atoms with E-state index in [2.05, 4.69) is 0 Å². The van der Waals surface area contributed by atoms with Gasteiger partial charge in [0.25, 0.3) is 0 Å². The van der Waals surface area contributed by atoms with Crippen LogP contribution in [0.2, 0.25) is 0 Å². The molecule has 1 aromatic carbocycles. The lowest BCUT2D eigenvalue weighted by Crippen LogP contribution is -2.01. The predicted molar refractivity (Wildman–Crippen MR) is 47.7 cm³/mol. The molecule has 0 aliphatic carbocycles. The van der Waals surface area contributed by atoms with Crippen LogP contribution in [0, 0.1) is 11.6 Å². The van der Waals surface area contributed by atoms with Gasteiger partial charge < -0.3 is 5.73 Å². The zero-order chi connectivity index (χ0) is 10.0. The Morgan fingerprint density at radius 1 is 1.38 bits per heavy atom. The van der Waals surface area contributed by atoms with Crippen LogP contribution in [-0.2, 0) is 10.8 Å². The molecule has 1 unspecified atom stereocenters. The van der Waals surface area contributed by atoms with Crippen LogP contribution >= 0.6 is 0 Å². The summed E-state index contributed by atoms with van der Waals surface area (Å²) in [6.45, 7) is 1.63. The van der Waals surface area contributed by atoms with E-state index in [1.807, 2.05) is 0 Å². The monoisotopic (exact) mass is 205 g/mol. The lowest BCUT2D eigenvalue weighted by atomic mass is 10.3. The summed E-state index contributed by atoms with van der Waals surface area (Å²) in [5.74, 6) is -1.21. The minimum absolute atomic E-state index is 0.130. The molecule has 0 aliphatic rings. The summed E-state index contributed by atoms with van der Waals surface area (Å²) in [6, 6.07) is 1.72. The van der Waals surface area contributed by atoms with Crippen molar-refractivity contribution in [3.05, 3.63) is 23.8 Å². The van der Waals surface area contributed by atoms with Crippen molar-refractivity contribution in [1.29, 1.82) is 0 Å². The van der Waals surface area contributed by atoms with Crippen molar-refractivity contribution in [3.8, 4) is 0 Å². The number of halogens is 2. The van der Waals surface area contributed by atoms with Gasteiger partial charge in [-0.25, -0.2) is 8.78 Å². The molecule has 0 radical (unpaired) electrons. The summed E-state index contributed by atoms with van der Waals surface area (Å²) in [5.41, 5.74) is 4.85. The number of hydrogen-bond donors (Lipinski definition) is 1. The Morgan fingerprint density at radius 2 is 2.00 bits per heavy atom. The van der Waals surface area contributed by atoms with Gasteiger partial charge in [0, 0.05) is 11.8 Å². The molecule has 72 valence electrons. The van der Waals surface area contributed by atoms with Gasteiger partial charge in [-0.1, -0.05) is 6.92 Å². The Hall–Kier alpha value is -0.970. The third kappa shape index (κ3) is 2.03. The third-order valence-corrected chi connectivity index (χ3v) is 2.89. The zero-order valence-corrected chi connectivity index (χ0v) is 7.83. The first-order valence-electron chi connectivity index (χ1n) is 3.69. The highest BCUT2D eigenvalue weighted by Gasteiger charge is 2.11. The molecule has 1 atom stereocenters. The van der Waals surface area contributed by atoms with Crippen molar-refractivity contribution < 1.29 is 13.0 Å². The van der Waals surface area contributed by atoms with Gasteiger partial charge in [0.1, 0.15) is 11.6 Å². The molecule has 0 aromatic heterocycles. The summed E-state index contributed by atoms with van der Waals surface area (Å²) >= 11 is 0. The number of nitrogen functional groups attached to an aromatic ring is 1. The molecule has 0 saturated heterocycles. The number of benzene rings is 1. The molecule has 2 nitrogen and oxygen atoms in total. The fourth-order valence-electron chi connectivity index (χ4n) is 0.874. The molecule has 1 rings (SSSR count). The van der Waals surface area contributed by atoms with Crippen LogP contribution < -0.4 is 5.73 Å². The smallest absolute Gasteiger partial charge is 0.147 e. The number of anilines is 1. The summed E-state index contributed by atoms with van der Waals surface area (Å²) in [4.78, 5) is -0.130. The van der Waals surface area contributed by atoms with Crippen LogP contribution in [0.3, 0.4) is 0 Å². The summed E-state index contributed by atoms with van der Waals surface area (Å²) in [6.07, 6.45) is 0. The average Bonchev–Trinajstić information content (AvgIpc) is 2.10. The van der Waals surface area contributed by atoms with Crippen LogP contribution in [0.1, 0.15) is 6.92 Å². The zero-order valence-electron chi connectivity index (χ0n) is 7.01. The van der Waals surface area contributed by atoms with Crippen LogP contribution in [0.5, 0.6) is 0 Å². The van der Waals surface area contributed by atoms with Gasteiger partial charge in [0.05, 0.1) is 21.4 Å². The normalized spacial score (nSPS) is 12.8. The summed E-state index contributed by atoms with van der Waals surface area (Å²) < 4.78 is 37.0. The van der Waals surface area contributed by atoms with Crippen molar-refractivity contribution >= 4 is 16.5 Å². The number of rotatable bonds is 2. The van der Waals surface area contributed by atoms with Crippen LogP contribution in [0.15, 0.2) is 17.0 Å². The van der Waals surface area contributed by atoms with Crippen LogP contribution in [0.25, 0.3) is 0 Å². The predicted octanol–water partition coefficient (Wildman–Crippen LogP) is 1.67. The fraction of sp³-hybridized carbons (Fsp3) is 0.250. The van der Waals surface area contributed by atoms with Crippen LogP contribution in [-0.4, -0.2) is 9.96 Å². The number of nitrogens with two attached hydrogens (primary N) is 1. The Labute approximate surface area is 77.2 Å². The quantitative estimate of drug-likeness (QED) is 0.746. The fourth-order valence-corrected chi connectivity index (χ4v) is 1.70. The molecule has 5 heteroatoms. The molecule has 0 aliphatic heterocycles. The molecular weight excluding hydrogens is 196 g/mol. The average molecular weight is 205 g/mol. The van der Waals surface area contributed by atoms with E-state index in [0.717, 1.165) is 12.1 Å². The van der Waals surface area contributed by atoms with E-state index in [1.165, 1.54) is 0 Å². The maximum absolute atomic E-state index is 13.0. The second-order valence-corrected chi connectivity index (χ2v) is 4.15. The largest absolute Gasteiger partial charge is 0.396 e. The maximum atomic E-state index is 13.0. The lowest BCUT2D eigenvalue weighted by molar-refractivity contribution is 0.575. The van der Waals surface area contributed by atoms with E-state index in [1.54, 1.807) is 6.92 Å². The van der Waals surface area contributed by atoms with E-state index in [0.29, 0.717) is 0 Å². The van der Waals surface area contributed by atoms with Gasteiger partial charge in [-0.05, 0) is 6.07 Å². The Morgan fingerprint density at radius 3 is 2.54 bits per heavy atom. The lowest BCUT2D eigenvalue weighted by Gasteiger charge is -2.03. The SMILES string of the molecule is CCS(=O)c1cc(F)c(N)cc1F. The Bertz CT molecular complexity index is 354. The Kier molecular flexibility index (Phi) is 2.98. The van der Waals surface area contributed by atoms with E-state index in [4.69, 9.17) is 5.73 Å². The van der Waals surface area contributed by atoms with E-state index in [9.17, 15) is 13.0 Å². The summed E-state index contributed by atoms with van der Waals surface area (Å²) in [7, 11) is -1.49. The van der Waals surface area contributed by atoms with Gasteiger partial charge in [0.15, 0.2) is 0 Å². The second kappa shape index (κ2) is 3.83. The van der Waals surface area contributed by atoms with Crippen molar-refractivity contribution in [2.45, 2.75) is 11.8 Å². The van der Waals surface area contributed by atoms with Gasteiger partial charge in [-0.2, -0.15) is 0 Å². The molecule has 0 amide bonds. The van der Waals surface area contributed by atoms with Gasteiger partial charge in [0.2, 0.25) is 0 Å². The summed E-state index contributed by atoms with van der Waals surface area (Å²) in [5, 5.41) is 0. The Balaban J connectivity index is 3.23. The van der Waals surface area contributed by atoms with Crippen molar-refractivity contribution in [1.82, 2.24) is 0 Å². The van der Waals surface area contributed by atoms with Gasteiger partial charge in [-0.15, -0.1) is 0 Å². The molecule has 2 N–H and O–H groups in total. The van der Waals surface area contributed by atoms with Crippen molar-refractivity contribution in [2.75, 3.05) is 11.5 Å². The number of hydrogen-bond acceptors (Lipinski definition) is 2. The first-order chi connectivity index (χ1) is 6.06. The third-order valence-electron chi connectivity index (χ3n) is 1.56. The topological polar surface area (TPSA) is 43.1 Å². The molecular formula is C8H9F2NOS. The van der Waals surface area contributed by atoms with Crippen molar-refractivity contribution in [2.24, 2.45) is 0 Å². The molecule has 0 spiro atoms. The highest BCUT2D eigenvalue weighted by molar-refractivity contribution is 7.85. The molecule has 0 saturated carbocycles. The minimum Gasteiger partial charge on any atom is -0.396 e. The second-order valence-electron chi connectivity index (χ2n) is 2.44. The highest BCUT2D eigenvalue weighted by atomic mass is 32.2. The molecule has 0 bridgehead atoms. The van der Waals surface area contributed by atoms with Gasteiger partial charge in [-0.3, -0.25) is 4.21 Å². The van der Waals surface area contributed by atoms with E-state index in [-0.39, 0.29) is 16.3 Å². The molecule has 1 aromatic rings. The van der Waals surface area contributed by atoms with E-state index < -0.39 is 22.4 Å². The molecule has 0 fully saturated rings. The first-order valence-corrected chi connectivity index (χ1v) is 5.01.